The number of hydrogen-bond acceptors (Lipinski definition) is 6. The molecule has 8 heteroatoms. The molecule has 2 aliphatic rings. The molecule has 0 spiro atoms. The first kappa shape index (κ1) is 21.8. The summed E-state index contributed by atoms with van der Waals surface area (Å²) < 4.78 is 2.03. The van der Waals surface area contributed by atoms with E-state index >= 15 is 0 Å². The highest BCUT2D eigenvalue weighted by molar-refractivity contribution is 6.06. The number of amides is 1. The molecule has 35 heavy (non-hydrogen) atoms. The average Bonchev–Trinajstić information content (AvgIpc) is 3.22. The Bertz CT molecular complexity index is 1410. The van der Waals surface area contributed by atoms with Crippen LogP contribution < -0.4 is 16.4 Å². The maximum absolute atomic E-state index is 12.0. The Morgan fingerprint density at radius 3 is 2.86 bits per heavy atom. The van der Waals surface area contributed by atoms with Gasteiger partial charge in [0.1, 0.15) is 5.82 Å². The second kappa shape index (κ2) is 8.79. The topological polar surface area (TPSA) is 101 Å². The zero-order chi connectivity index (χ0) is 23.9. The third-order valence-electron chi connectivity index (χ3n) is 7.14. The van der Waals surface area contributed by atoms with Crippen molar-refractivity contribution in [1.82, 2.24) is 24.8 Å². The highest BCUT2D eigenvalue weighted by Crippen LogP contribution is 2.31. The van der Waals surface area contributed by atoms with E-state index in [1.807, 2.05) is 35.8 Å². The quantitative estimate of drug-likeness (QED) is 0.417. The zero-order valence-electron chi connectivity index (χ0n) is 19.8. The van der Waals surface area contributed by atoms with E-state index in [2.05, 4.69) is 39.8 Å². The molecule has 6 rings (SSSR count). The molecule has 4 N–H and O–H groups in total. The van der Waals surface area contributed by atoms with Gasteiger partial charge in [0.2, 0.25) is 11.9 Å². The Kier molecular flexibility index (Phi) is 5.47. The molecule has 0 saturated carbocycles. The van der Waals surface area contributed by atoms with Gasteiger partial charge in [0.05, 0.1) is 11.2 Å². The molecule has 1 atom stereocenters. The molecule has 8 nitrogen and oxygen atoms in total. The minimum Gasteiger partial charge on any atom is -0.366 e. The van der Waals surface area contributed by atoms with E-state index in [1.165, 1.54) is 11.1 Å². The molecule has 1 amide bonds. The summed E-state index contributed by atoms with van der Waals surface area (Å²) in [5.41, 5.74) is 11.5. The van der Waals surface area contributed by atoms with Crippen LogP contribution in [-0.4, -0.2) is 51.0 Å². The number of benzene rings is 2. The van der Waals surface area contributed by atoms with Gasteiger partial charge in [0.25, 0.3) is 0 Å². The fourth-order valence-corrected chi connectivity index (χ4v) is 5.36. The number of rotatable bonds is 5. The molecule has 4 heterocycles. The SMILES string of the molecule is Cc1cc2c(C(N)=O)cccc2n1-c1nc2c(c(NCc3ccccc3)n1)CN1CCNCC1C2. The minimum absolute atomic E-state index is 0.435. The van der Waals surface area contributed by atoms with Crippen molar-refractivity contribution in [2.24, 2.45) is 5.73 Å². The van der Waals surface area contributed by atoms with Crippen molar-refractivity contribution in [3.8, 4) is 5.95 Å². The Labute approximate surface area is 204 Å². The van der Waals surface area contributed by atoms with Crippen LogP contribution in [0.1, 0.15) is 32.9 Å². The number of nitrogens with two attached hydrogens (primary N) is 1. The highest BCUT2D eigenvalue weighted by atomic mass is 16.1. The molecule has 0 aliphatic carbocycles. The number of carbonyl (C=O) groups excluding carboxylic acids is 1. The van der Waals surface area contributed by atoms with Crippen LogP contribution in [-0.2, 0) is 19.5 Å². The first-order valence-electron chi connectivity index (χ1n) is 12.1. The van der Waals surface area contributed by atoms with Crippen LogP contribution in [0.2, 0.25) is 0 Å². The van der Waals surface area contributed by atoms with E-state index in [0.717, 1.165) is 60.7 Å². The summed E-state index contributed by atoms with van der Waals surface area (Å²) in [6.07, 6.45) is 0.878. The summed E-state index contributed by atoms with van der Waals surface area (Å²) in [6, 6.07) is 18.4. The lowest BCUT2D eigenvalue weighted by Gasteiger charge is -2.40. The first-order valence-corrected chi connectivity index (χ1v) is 12.1. The highest BCUT2D eigenvalue weighted by Gasteiger charge is 2.32. The van der Waals surface area contributed by atoms with Gasteiger partial charge in [0.15, 0.2) is 0 Å². The normalized spacial score (nSPS) is 17.7. The maximum atomic E-state index is 12.0. The predicted octanol–water partition coefficient (Wildman–Crippen LogP) is 2.77. The second-order valence-corrected chi connectivity index (χ2v) is 9.39. The molecule has 0 bridgehead atoms. The number of piperazine rings is 1. The Hall–Kier alpha value is -3.75. The maximum Gasteiger partial charge on any atom is 0.249 e. The molecule has 2 aliphatic heterocycles. The molecule has 2 aromatic heterocycles. The van der Waals surface area contributed by atoms with Crippen molar-refractivity contribution >= 4 is 22.6 Å². The summed E-state index contributed by atoms with van der Waals surface area (Å²) >= 11 is 0. The van der Waals surface area contributed by atoms with Gasteiger partial charge < -0.3 is 16.4 Å². The van der Waals surface area contributed by atoms with Crippen molar-refractivity contribution in [2.75, 3.05) is 25.0 Å². The summed E-state index contributed by atoms with van der Waals surface area (Å²) in [5.74, 6) is 1.05. The molecular formula is C27H29N7O. The Morgan fingerprint density at radius 1 is 1.17 bits per heavy atom. The van der Waals surface area contributed by atoms with Crippen LogP contribution in [0.3, 0.4) is 0 Å². The van der Waals surface area contributed by atoms with Gasteiger partial charge in [-0.05, 0) is 30.7 Å². The van der Waals surface area contributed by atoms with Gasteiger partial charge in [-0.1, -0.05) is 36.4 Å². The second-order valence-electron chi connectivity index (χ2n) is 9.39. The molecule has 1 saturated heterocycles. The van der Waals surface area contributed by atoms with Crippen molar-refractivity contribution in [2.45, 2.75) is 32.5 Å². The zero-order valence-corrected chi connectivity index (χ0v) is 19.8. The number of hydrogen-bond donors (Lipinski definition) is 3. The third-order valence-corrected chi connectivity index (χ3v) is 7.14. The lowest BCUT2D eigenvalue weighted by molar-refractivity contribution is 0.100. The van der Waals surface area contributed by atoms with Crippen molar-refractivity contribution in [3.63, 3.8) is 0 Å². The fourth-order valence-electron chi connectivity index (χ4n) is 5.36. The lowest BCUT2D eigenvalue weighted by Crippen LogP contribution is -2.53. The number of fused-ring (bicyclic) bond motifs is 3. The number of anilines is 1. The molecule has 2 aromatic carbocycles. The van der Waals surface area contributed by atoms with Crippen LogP contribution in [0.25, 0.3) is 16.9 Å². The van der Waals surface area contributed by atoms with E-state index in [-0.39, 0.29) is 0 Å². The van der Waals surface area contributed by atoms with Gasteiger partial charge in [-0.3, -0.25) is 14.3 Å². The number of primary amides is 1. The van der Waals surface area contributed by atoms with Gasteiger partial charge in [0, 0.05) is 67.4 Å². The van der Waals surface area contributed by atoms with Gasteiger partial charge in [-0.15, -0.1) is 0 Å². The van der Waals surface area contributed by atoms with E-state index < -0.39 is 5.91 Å². The van der Waals surface area contributed by atoms with Crippen molar-refractivity contribution in [3.05, 3.63) is 82.7 Å². The van der Waals surface area contributed by atoms with Crippen LogP contribution in [0.4, 0.5) is 5.82 Å². The van der Waals surface area contributed by atoms with Crippen LogP contribution in [0.15, 0.2) is 54.6 Å². The predicted molar refractivity (Wildman–Crippen MR) is 137 cm³/mol. The smallest absolute Gasteiger partial charge is 0.249 e. The van der Waals surface area contributed by atoms with E-state index in [9.17, 15) is 4.79 Å². The Balaban J connectivity index is 1.47. The largest absolute Gasteiger partial charge is 0.366 e. The molecular weight excluding hydrogens is 438 g/mol. The fraction of sp³-hybridized carbons (Fsp3) is 0.296. The van der Waals surface area contributed by atoms with Gasteiger partial charge in [-0.25, -0.2) is 4.98 Å². The van der Waals surface area contributed by atoms with E-state index in [4.69, 9.17) is 15.7 Å². The third kappa shape index (κ3) is 3.94. The lowest BCUT2D eigenvalue weighted by atomic mass is 9.97. The molecule has 178 valence electrons. The van der Waals surface area contributed by atoms with E-state index in [1.54, 1.807) is 6.07 Å². The number of nitrogens with one attached hydrogen (secondary N) is 2. The van der Waals surface area contributed by atoms with Crippen molar-refractivity contribution in [1.29, 1.82) is 0 Å². The summed E-state index contributed by atoms with van der Waals surface area (Å²) in [7, 11) is 0. The van der Waals surface area contributed by atoms with Crippen LogP contribution >= 0.6 is 0 Å². The molecule has 0 radical (unpaired) electrons. The number of aromatic nitrogens is 3. The molecule has 1 fully saturated rings. The molecule has 4 aromatic rings. The number of aryl methyl sites for hydroxylation is 1. The number of carbonyl (C=O) groups is 1. The van der Waals surface area contributed by atoms with Gasteiger partial charge in [-0.2, -0.15) is 4.98 Å². The summed E-state index contributed by atoms with van der Waals surface area (Å²) in [5, 5.41) is 7.94. The summed E-state index contributed by atoms with van der Waals surface area (Å²) in [6.45, 7) is 6.55. The van der Waals surface area contributed by atoms with Crippen LogP contribution in [0, 0.1) is 6.92 Å². The minimum atomic E-state index is -0.436. The number of nitrogens with zero attached hydrogens (tertiary/aromatic N) is 4. The van der Waals surface area contributed by atoms with Gasteiger partial charge >= 0.3 is 0 Å². The summed E-state index contributed by atoms with van der Waals surface area (Å²) in [4.78, 5) is 24.7. The van der Waals surface area contributed by atoms with Crippen LogP contribution in [0.5, 0.6) is 0 Å². The monoisotopic (exact) mass is 467 g/mol. The standard InChI is InChI=1S/C27H29N7O/c1-17-12-21-20(25(28)35)8-5-9-24(21)34(17)27-31-23-13-19-15-29-10-11-33(19)16-22(23)26(32-27)30-14-18-6-3-2-4-7-18/h2-9,12,19,29H,10-11,13-16H2,1H3,(H2,28,35)(H,30,31,32). The first-order chi connectivity index (χ1) is 17.1. The average molecular weight is 468 g/mol. The molecule has 1 unspecified atom stereocenters. The van der Waals surface area contributed by atoms with Crippen molar-refractivity contribution < 1.29 is 4.79 Å². The Morgan fingerprint density at radius 2 is 2.03 bits per heavy atom. The van der Waals surface area contributed by atoms with E-state index in [0.29, 0.717) is 24.1 Å².